The summed E-state index contributed by atoms with van der Waals surface area (Å²) in [6, 6.07) is 7.99. The number of aryl methyl sites for hydroxylation is 2. The molecule has 3 aromatic rings. The number of thiazole rings is 1. The number of carbonyl (C=O) groups excluding carboxylic acids is 1. The Morgan fingerprint density at radius 1 is 1.17 bits per heavy atom. The van der Waals surface area contributed by atoms with Crippen molar-refractivity contribution in [2.24, 2.45) is 5.73 Å². The van der Waals surface area contributed by atoms with Crippen molar-refractivity contribution in [1.82, 2.24) is 20.3 Å². The predicted molar refractivity (Wildman–Crippen MR) is 116 cm³/mol. The predicted octanol–water partition coefficient (Wildman–Crippen LogP) is 2.47. The van der Waals surface area contributed by atoms with Gasteiger partial charge in [0, 0.05) is 38.1 Å². The van der Waals surface area contributed by atoms with E-state index in [1.165, 1.54) is 11.3 Å². The van der Waals surface area contributed by atoms with E-state index < -0.39 is 5.91 Å². The minimum Gasteiger partial charge on any atom is -0.364 e. The summed E-state index contributed by atoms with van der Waals surface area (Å²) in [6.07, 6.45) is 1.68. The molecule has 150 valence electrons. The van der Waals surface area contributed by atoms with Crippen LogP contribution in [0.4, 0.5) is 16.6 Å². The average molecular weight is 410 g/mol. The Morgan fingerprint density at radius 3 is 2.59 bits per heavy atom. The minimum absolute atomic E-state index is 0.300. The quantitative estimate of drug-likeness (QED) is 0.594. The lowest BCUT2D eigenvalue weighted by atomic mass is 10.1. The summed E-state index contributed by atoms with van der Waals surface area (Å²) in [5.41, 5.74) is 9.80. The molecule has 8 nitrogen and oxygen atoms in total. The fourth-order valence-electron chi connectivity index (χ4n) is 3.38. The minimum atomic E-state index is -0.524. The molecule has 0 radical (unpaired) electrons. The number of primary amides is 1. The summed E-state index contributed by atoms with van der Waals surface area (Å²) < 4.78 is 0. The van der Waals surface area contributed by atoms with Gasteiger partial charge in [-0.25, -0.2) is 15.0 Å². The van der Waals surface area contributed by atoms with Crippen molar-refractivity contribution in [3.05, 3.63) is 47.3 Å². The van der Waals surface area contributed by atoms with E-state index in [-0.39, 0.29) is 0 Å². The number of nitrogens with one attached hydrogen (secondary N) is 2. The fraction of sp³-hybridized carbons (Fsp3) is 0.300. The maximum Gasteiger partial charge on any atom is 0.270 e. The van der Waals surface area contributed by atoms with Crippen LogP contribution < -0.4 is 21.3 Å². The van der Waals surface area contributed by atoms with Crippen LogP contribution in [-0.4, -0.2) is 47.0 Å². The van der Waals surface area contributed by atoms with E-state index in [0.717, 1.165) is 48.0 Å². The number of hydrogen-bond acceptors (Lipinski definition) is 8. The molecule has 29 heavy (non-hydrogen) atoms. The lowest BCUT2D eigenvalue weighted by Gasteiger charge is -2.28. The molecule has 0 spiro atoms. The number of nitrogens with zero attached hydrogens (tertiary/aromatic N) is 4. The van der Waals surface area contributed by atoms with E-state index >= 15 is 0 Å². The molecule has 0 unspecified atom stereocenters. The molecule has 1 saturated heterocycles. The Morgan fingerprint density at radius 2 is 1.90 bits per heavy atom. The molecule has 4 rings (SSSR count). The highest BCUT2D eigenvalue weighted by Crippen LogP contribution is 2.34. The topological polar surface area (TPSA) is 109 Å². The van der Waals surface area contributed by atoms with E-state index in [1.807, 2.05) is 26.0 Å². The van der Waals surface area contributed by atoms with Crippen LogP contribution in [0.2, 0.25) is 0 Å². The van der Waals surface area contributed by atoms with Crippen molar-refractivity contribution in [2.75, 3.05) is 36.4 Å². The summed E-state index contributed by atoms with van der Waals surface area (Å²) in [4.78, 5) is 27.5. The van der Waals surface area contributed by atoms with Gasteiger partial charge in [0.2, 0.25) is 5.95 Å². The van der Waals surface area contributed by atoms with Crippen LogP contribution in [0, 0.1) is 13.8 Å². The molecule has 4 N–H and O–H groups in total. The third-order valence-corrected chi connectivity index (χ3v) is 5.74. The molecule has 0 saturated carbocycles. The Bertz CT molecular complexity index is 1020. The number of piperazine rings is 1. The number of nitrogens with two attached hydrogens (primary N) is 1. The van der Waals surface area contributed by atoms with Crippen molar-refractivity contribution < 1.29 is 4.79 Å². The normalized spacial score (nSPS) is 14.1. The third kappa shape index (κ3) is 4.36. The number of benzene rings is 1. The number of hydrogen-bond donors (Lipinski definition) is 3. The number of rotatable bonds is 5. The van der Waals surface area contributed by atoms with Crippen molar-refractivity contribution in [3.63, 3.8) is 0 Å². The first-order valence-electron chi connectivity index (χ1n) is 9.44. The molecule has 3 heterocycles. The third-order valence-electron chi connectivity index (χ3n) is 4.60. The first kappa shape index (κ1) is 19.3. The molecule has 2 aromatic heterocycles. The number of anilines is 3. The number of amides is 1. The molecule has 1 aliphatic rings. The zero-order valence-corrected chi connectivity index (χ0v) is 17.2. The second-order valence-electron chi connectivity index (χ2n) is 7.04. The standard InChI is InChI=1S/C20H23N7OS/c1-12-9-13(2)11-14(10-12)24-20-23-4-3-15(25-20)18-26-16(17(21)28)19(29-18)27-7-5-22-6-8-27/h3-4,9-11,22H,5-8H2,1-2H3,(H2,21,28)(H,23,24,25). The molecule has 0 aliphatic carbocycles. The van der Waals surface area contributed by atoms with E-state index in [1.54, 1.807) is 12.3 Å². The zero-order valence-electron chi connectivity index (χ0n) is 16.4. The van der Waals surface area contributed by atoms with Crippen LogP contribution in [0.25, 0.3) is 10.7 Å². The van der Waals surface area contributed by atoms with Crippen molar-refractivity contribution >= 4 is 33.9 Å². The molecular formula is C20H23N7OS. The Labute approximate surface area is 173 Å². The molecule has 1 aliphatic heterocycles. The summed E-state index contributed by atoms with van der Waals surface area (Å²) in [5, 5.41) is 8.01. The van der Waals surface area contributed by atoms with Gasteiger partial charge in [0.1, 0.15) is 15.7 Å². The highest BCUT2D eigenvalue weighted by atomic mass is 32.1. The van der Waals surface area contributed by atoms with Crippen LogP contribution in [0.3, 0.4) is 0 Å². The Balaban J connectivity index is 1.64. The van der Waals surface area contributed by atoms with E-state index in [2.05, 4.69) is 36.6 Å². The first-order valence-corrected chi connectivity index (χ1v) is 10.3. The second kappa shape index (κ2) is 8.14. The van der Waals surface area contributed by atoms with E-state index in [4.69, 9.17) is 5.73 Å². The second-order valence-corrected chi connectivity index (χ2v) is 8.02. The van der Waals surface area contributed by atoms with Crippen LogP contribution >= 0.6 is 11.3 Å². The van der Waals surface area contributed by atoms with Gasteiger partial charge in [0.25, 0.3) is 5.91 Å². The lowest BCUT2D eigenvalue weighted by Crippen LogP contribution is -2.43. The van der Waals surface area contributed by atoms with Crippen LogP contribution in [0.5, 0.6) is 0 Å². The van der Waals surface area contributed by atoms with Crippen molar-refractivity contribution in [3.8, 4) is 10.7 Å². The molecule has 1 aromatic carbocycles. The maximum atomic E-state index is 12.0. The SMILES string of the molecule is Cc1cc(C)cc(Nc2nccc(-c3nc(C(N)=O)c(N4CCNCC4)s3)n2)c1. The van der Waals surface area contributed by atoms with Gasteiger partial charge in [-0.2, -0.15) is 0 Å². The Kier molecular flexibility index (Phi) is 5.41. The first-order chi connectivity index (χ1) is 14.0. The van der Waals surface area contributed by atoms with Crippen molar-refractivity contribution in [1.29, 1.82) is 0 Å². The van der Waals surface area contributed by atoms with Gasteiger partial charge in [0.15, 0.2) is 5.69 Å². The fourth-order valence-corrected chi connectivity index (χ4v) is 4.47. The molecule has 0 bridgehead atoms. The lowest BCUT2D eigenvalue weighted by molar-refractivity contribution is 0.0996. The van der Waals surface area contributed by atoms with Gasteiger partial charge in [0.05, 0.1) is 0 Å². The van der Waals surface area contributed by atoms with Crippen LogP contribution in [-0.2, 0) is 0 Å². The summed E-state index contributed by atoms with van der Waals surface area (Å²) in [7, 11) is 0. The van der Waals surface area contributed by atoms with E-state index in [0.29, 0.717) is 22.3 Å². The van der Waals surface area contributed by atoms with Crippen molar-refractivity contribution in [2.45, 2.75) is 13.8 Å². The van der Waals surface area contributed by atoms with Gasteiger partial charge < -0.3 is 21.3 Å². The monoisotopic (exact) mass is 409 g/mol. The van der Waals surface area contributed by atoms with E-state index in [9.17, 15) is 4.79 Å². The van der Waals surface area contributed by atoms with Gasteiger partial charge in [-0.05, 0) is 43.2 Å². The molecular weight excluding hydrogens is 386 g/mol. The van der Waals surface area contributed by atoms with Gasteiger partial charge >= 0.3 is 0 Å². The van der Waals surface area contributed by atoms with Gasteiger partial charge in [-0.3, -0.25) is 4.79 Å². The molecule has 0 atom stereocenters. The molecule has 1 amide bonds. The Hall–Kier alpha value is -3.04. The summed E-state index contributed by atoms with van der Waals surface area (Å²) in [6.45, 7) is 7.45. The highest BCUT2D eigenvalue weighted by Gasteiger charge is 2.23. The van der Waals surface area contributed by atoms with Crippen LogP contribution in [0.15, 0.2) is 30.5 Å². The zero-order chi connectivity index (χ0) is 20.4. The highest BCUT2D eigenvalue weighted by molar-refractivity contribution is 7.19. The van der Waals surface area contributed by atoms with Gasteiger partial charge in [-0.15, -0.1) is 0 Å². The van der Waals surface area contributed by atoms with Crippen LogP contribution in [0.1, 0.15) is 21.6 Å². The van der Waals surface area contributed by atoms with Gasteiger partial charge in [-0.1, -0.05) is 17.4 Å². The maximum absolute atomic E-state index is 12.0. The summed E-state index contributed by atoms with van der Waals surface area (Å²) in [5.74, 6) is -0.0456. The number of carbonyl (C=O) groups is 1. The largest absolute Gasteiger partial charge is 0.364 e. The molecule has 1 fully saturated rings. The smallest absolute Gasteiger partial charge is 0.270 e. The summed E-state index contributed by atoms with van der Waals surface area (Å²) >= 11 is 1.44. The average Bonchev–Trinajstić information content (AvgIpc) is 3.14. The molecule has 9 heteroatoms. The number of aromatic nitrogens is 3.